The van der Waals surface area contributed by atoms with Gasteiger partial charge in [0.15, 0.2) is 0 Å². The topological polar surface area (TPSA) is 60.7 Å². The van der Waals surface area contributed by atoms with Crippen LogP contribution in [0.4, 0.5) is 5.69 Å². The summed E-state index contributed by atoms with van der Waals surface area (Å²) in [7, 11) is 2.16. The molecule has 2 heterocycles. The molecular weight excluding hydrogens is 206 g/mol. The van der Waals surface area contributed by atoms with E-state index in [4.69, 9.17) is 0 Å². The zero-order chi connectivity index (χ0) is 11.5. The number of hydrogen-bond donors (Lipinski definition) is 1. The average Bonchev–Trinajstić information content (AvgIpc) is 2.30. The van der Waals surface area contributed by atoms with Gasteiger partial charge in [-0.2, -0.15) is 0 Å². The first-order valence-corrected chi connectivity index (χ1v) is 5.39. The lowest BCUT2D eigenvalue weighted by atomic mass is 10.2. The summed E-state index contributed by atoms with van der Waals surface area (Å²) in [5, 5.41) is 10.7. The van der Waals surface area contributed by atoms with Crippen molar-refractivity contribution in [1.82, 2.24) is 4.98 Å². The molecule has 0 radical (unpaired) electrons. The number of anilines is 1. The number of nitrogens with one attached hydrogen (secondary N) is 1. The third kappa shape index (κ3) is 2.30. The van der Waals surface area contributed by atoms with E-state index in [0.29, 0.717) is 0 Å². The van der Waals surface area contributed by atoms with Crippen LogP contribution in [0.15, 0.2) is 18.5 Å². The SMILES string of the molecule is C[NH+]1CCN(c2cncc(C(=O)[O-])c2)CC1. The molecule has 0 spiro atoms. The van der Waals surface area contributed by atoms with E-state index < -0.39 is 5.97 Å². The summed E-state index contributed by atoms with van der Waals surface area (Å²) < 4.78 is 0. The first-order valence-electron chi connectivity index (χ1n) is 5.39. The molecule has 16 heavy (non-hydrogen) atoms. The fraction of sp³-hybridized carbons (Fsp3) is 0.455. The first-order chi connectivity index (χ1) is 7.66. The van der Waals surface area contributed by atoms with Gasteiger partial charge in [-0.15, -0.1) is 0 Å². The van der Waals surface area contributed by atoms with Gasteiger partial charge in [-0.05, 0) is 6.07 Å². The van der Waals surface area contributed by atoms with Crippen LogP contribution in [-0.2, 0) is 0 Å². The predicted molar refractivity (Wildman–Crippen MR) is 57.4 cm³/mol. The van der Waals surface area contributed by atoms with Crippen molar-refractivity contribution in [2.24, 2.45) is 0 Å². The zero-order valence-corrected chi connectivity index (χ0v) is 9.27. The molecule has 2 rings (SSSR count). The van der Waals surface area contributed by atoms with Gasteiger partial charge in [-0.3, -0.25) is 4.98 Å². The van der Waals surface area contributed by atoms with E-state index in [2.05, 4.69) is 16.9 Å². The lowest BCUT2D eigenvalue weighted by Crippen LogP contribution is -3.12. The van der Waals surface area contributed by atoms with Crippen LogP contribution in [0.5, 0.6) is 0 Å². The molecule has 0 atom stereocenters. The second-order valence-electron chi connectivity index (χ2n) is 4.16. The molecule has 0 amide bonds. The Kier molecular flexibility index (Phi) is 3.05. The summed E-state index contributed by atoms with van der Waals surface area (Å²) in [4.78, 5) is 18.3. The van der Waals surface area contributed by atoms with Gasteiger partial charge in [-0.25, -0.2) is 0 Å². The van der Waals surface area contributed by atoms with Crippen molar-refractivity contribution in [3.63, 3.8) is 0 Å². The smallest absolute Gasteiger partial charge is 0.0947 e. The molecule has 1 N–H and O–H groups in total. The lowest BCUT2D eigenvalue weighted by molar-refractivity contribution is -0.880. The second kappa shape index (κ2) is 4.49. The number of rotatable bonds is 2. The van der Waals surface area contributed by atoms with Crippen molar-refractivity contribution in [3.8, 4) is 0 Å². The number of carbonyl (C=O) groups excluding carboxylic acids is 1. The van der Waals surface area contributed by atoms with Gasteiger partial charge in [-0.1, -0.05) is 0 Å². The highest BCUT2D eigenvalue weighted by atomic mass is 16.4. The fourth-order valence-corrected chi connectivity index (χ4v) is 1.86. The van der Waals surface area contributed by atoms with E-state index in [9.17, 15) is 9.90 Å². The molecule has 0 aliphatic carbocycles. The number of pyridine rings is 1. The molecule has 0 bridgehead atoms. The Morgan fingerprint density at radius 3 is 2.75 bits per heavy atom. The first kappa shape index (κ1) is 10.9. The van der Waals surface area contributed by atoms with Gasteiger partial charge in [0, 0.05) is 11.8 Å². The summed E-state index contributed by atoms with van der Waals surface area (Å²) >= 11 is 0. The molecule has 1 saturated heterocycles. The van der Waals surface area contributed by atoms with Gasteiger partial charge in [0.05, 0.1) is 51.1 Å². The average molecular weight is 221 g/mol. The van der Waals surface area contributed by atoms with Gasteiger partial charge in [0.1, 0.15) is 0 Å². The third-order valence-electron chi connectivity index (χ3n) is 2.94. The Morgan fingerprint density at radius 1 is 1.44 bits per heavy atom. The highest BCUT2D eigenvalue weighted by Gasteiger charge is 2.17. The maximum absolute atomic E-state index is 10.7. The maximum atomic E-state index is 10.7. The highest BCUT2D eigenvalue weighted by molar-refractivity contribution is 5.86. The molecule has 5 heteroatoms. The minimum Gasteiger partial charge on any atom is -0.545 e. The molecule has 1 aliphatic heterocycles. The number of aromatic carboxylic acids is 1. The van der Waals surface area contributed by atoms with E-state index in [0.717, 1.165) is 31.9 Å². The van der Waals surface area contributed by atoms with Crippen LogP contribution in [0.2, 0.25) is 0 Å². The van der Waals surface area contributed by atoms with Gasteiger partial charge in [0.25, 0.3) is 0 Å². The summed E-state index contributed by atoms with van der Waals surface area (Å²) in [6.45, 7) is 4.00. The molecule has 0 unspecified atom stereocenters. The molecule has 5 nitrogen and oxygen atoms in total. The van der Waals surface area contributed by atoms with Gasteiger partial charge in [0.2, 0.25) is 0 Å². The molecular formula is C11H15N3O2. The van der Waals surface area contributed by atoms with Crippen LogP contribution in [0.3, 0.4) is 0 Å². The summed E-state index contributed by atoms with van der Waals surface area (Å²) in [6, 6.07) is 1.63. The molecule has 0 aromatic carbocycles. The normalized spacial score (nSPS) is 17.4. The van der Waals surface area contributed by atoms with Gasteiger partial charge >= 0.3 is 0 Å². The number of carboxylic acids is 1. The van der Waals surface area contributed by atoms with Crippen molar-refractivity contribution < 1.29 is 14.8 Å². The van der Waals surface area contributed by atoms with Crippen LogP contribution in [0.25, 0.3) is 0 Å². The second-order valence-corrected chi connectivity index (χ2v) is 4.16. The third-order valence-corrected chi connectivity index (χ3v) is 2.94. The van der Waals surface area contributed by atoms with Crippen LogP contribution in [-0.4, -0.2) is 44.2 Å². The predicted octanol–water partition coefficient (Wildman–Crippen LogP) is -2.22. The molecule has 1 fully saturated rings. The van der Waals surface area contributed by atoms with E-state index >= 15 is 0 Å². The van der Waals surface area contributed by atoms with Crippen molar-refractivity contribution in [1.29, 1.82) is 0 Å². The molecule has 0 saturated carbocycles. The summed E-state index contributed by atoms with van der Waals surface area (Å²) in [5.41, 5.74) is 1.01. The van der Waals surface area contributed by atoms with Gasteiger partial charge < -0.3 is 19.7 Å². The summed E-state index contributed by atoms with van der Waals surface area (Å²) in [6.07, 6.45) is 3.02. The number of piperazine rings is 1. The van der Waals surface area contributed by atoms with Crippen molar-refractivity contribution in [3.05, 3.63) is 24.0 Å². The van der Waals surface area contributed by atoms with E-state index in [1.54, 1.807) is 12.3 Å². The fourth-order valence-electron chi connectivity index (χ4n) is 1.86. The monoisotopic (exact) mass is 221 g/mol. The number of hydrogen-bond acceptors (Lipinski definition) is 4. The number of nitrogens with zero attached hydrogens (tertiary/aromatic N) is 2. The Labute approximate surface area is 94.3 Å². The van der Waals surface area contributed by atoms with Crippen LogP contribution < -0.4 is 14.9 Å². The number of quaternary nitrogens is 1. The number of carbonyl (C=O) groups is 1. The summed E-state index contributed by atoms with van der Waals surface area (Å²) in [5.74, 6) is -1.17. The molecule has 1 aromatic heterocycles. The number of aromatic nitrogens is 1. The Morgan fingerprint density at radius 2 is 2.12 bits per heavy atom. The van der Waals surface area contributed by atoms with Crippen LogP contribution in [0.1, 0.15) is 10.4 Å². The standard InChI is InChI=1S/C11H15N3O2/c1-13-2-4-14(5-3-13)10-6-9(11(15)16)7-12-8-10/h6-8H,2-5H2,1H3,(H,15,16). The van der Waals surface area contributed by atoms with E-state index in [1.165, 1.54) is 11.1 Å². The van der Waals surface area contributed by atoms with E-state index in [1.807, 2.05) is 0 Å². The zero-order valence-electron chi connectivity index (χ0n) is 9.27. The quantitative estimate of drug-likeness (QED) is 0.614. The van der Waals surface area contributed by atoms with Crippen molar-refractivity contribution in [2.75, 3.05) is 38.1 Å². The largest absolute Gasteiger partial charge is 0.545 e. The Bertz CT molecular complexity index is 387. The maximum Gasteiger partial charge on any atom is 0.0947 e. The molecule has 86 valence electrons. The Balaban J connectivity index is 2.14. The molecule has 1 aromatic rings. The minimum absolute atomic E-state index is 0.142. The number of carboxylic acid groups (broad SMARTS) is 1. The Hall–Kier alpha value is -1.62. The van der Waals surface area contributed by atoms with Crippen LogP contribution in [0, 0.1) is 0 Å². The van der Waals surface area contributed by atoms with Crippen LogP contribution >= 0.6 is 0 Å². The lowest BCUT2D eigenvalue weighted by Gasteiger charge is -2.31. The van der Waals surface area contributed by atoms with Crippen molar-refractivity contribution >= 4 is 11.7 Å². The molecule has 1 aliphatic rings. The number of likely N-dealkylation sites (N-methyl/N-ethyl adjacent to an activating group) is 1. The minimum atomic E-state index is -1.17. The highest BCUT2D eigenvalue weighted by Crippen LogP contribution is 2.13. The van der Waals surface area contributed by atoms with E-state index in [-0.39, 0.29) is 5.56 Å². The van der Waals surface area contributed by atoms with Crippen molar-refractivity contribution in [2.45, 2.75) is 0 Å².